The molecule has 16 heavy (non-hydrogen) atoms. The molecule has 1 rings (SSSR count). The maximum atomic E-state index is 12.5. The molecule has 0 aliphatic heterocycles. The van der Waals surface area contributed by atoms with Gasteiger partial charge in [0.05, 0.1) is 0 Å². The van der Waals surface area contributed by atoms with Gasteiger partial charge in [0.15, 0.2) is 17.5 Å². The SMILES string of the molecule is Fc1c(F)c(F)c([B-](F)(F)F)c(F)c1F.[K+]. The molecule has 0 N–H and O–H groups in total. The zero-order valence-electron chi connectivity index (χ0n) is 7.60. The first-order chi connectivity index (χ1) is 6.68. The van der Waals surface area contributed by atoms with E-state index in [-0.39, 0.29) is 51.4 Å². The van der Waals surface area contributed by atoms with Crippen LogP contribution in [0.1, 0.15) is 0 Å². The normalized spacial score (nSPS) is 11.2. The second-order valence-electron chi connectivity index (χ2n) is 2.56. The minimum absolute atomic E-state index is 0. The van der Waals surface area contributed by atoms with Crippen molar-refractivity contribution < 1.29 is 86.3 Å². The van der Waals surface area contributed by atoms with Gasteiger partial charge in [0.2, 0.25) is 0 Å². The average molecular weight is 274 g/mol. The van der Waals surface area contributed by atoms with Crippen LogP contribution in [0.25, 0.3) is 0 Å². The summed E-state index contributed by atoms with van der Waals surface area (Å²) in [7, 11) is 0. The van der Waals surface area contributed by atoms with Gasteiger partial charge in [0, 0.05) is 0 Å². The predicted molar refractivity (Wildman–Crippen MR) is 34.9 cm³/mol. The summed E-state index contributed by atoms with van der Waals surface area (Å²) in [5.41, 5.74) is -2.73. The van der Waals surface area contributed by atoms with Crippen molar-refractivity contribution >= 4 is 12.4 Å². The molecular formula is C6BF8K. The van der Waals surface area contributed by atoms with E-state index < -0.39 is 41.5 Å². The monoisotopic (exact) mass is 274 g/mol. The Labute approximate surface area is 126 Å². The predicted octanol–water partition coefficient (Wildman–Crippen LogP) is -0.559. The Kier molecular flexibility index (Phi) is 5.46. The van der Waals surface area contributed by atoms with Crippen LogP contribution in [0.5, 0.6) is 0 Å². The molecule has 0 saturated heterocycles. The summed E-state index contributed by atoms with van der Waals surface area (Å²) >= 11 is 0. The number of hydrogen-bond donors (Lipinski definition) is 0. The van der Waals surface area contributed by atoms with E-state index in [0.717, 1.165) is 0 Å². The molecule has 0 atom stereocenters. The van der Waals surface area contributed by atoms with Crippen molar-refractivity contribution in [1.29, 1.82) is 0 Å². The van der Waals surface area contributed by atoms with Gasteiger partial charge in [-0.15, -0.1) is 0 Å². The molecule has 0 aromatic heterocycles. The fourth-order valence-electron chi connectivity index (χ4n) is 0.909. The van der Waals surface area contributed by atoms with Crippen LogP contribution in [0.15, 0.2) is 0 Å². The van der Waals surface area contributed by atoms with E-state index in [1.54, 1.807) is 0 Å². The third-order valence-electron chi connectivity index (χ3n) is 1.57. The Bertz CT molecular complexity index is 385. The van der Waals surface area contributed by atoms with Crippen LogP contribution in [-0.4, -0.2) is 6.98 Å². The van der Waals surface area contributed by atoms with Gasteiger partial charge in [-0.2, -0.15) is 0 Å². The fourth-order valence-corrected chi connectivity index (χ4v) is 0.909. The molecule has 0 radical (unpaired) electrons. The van der Waals surface area contributed by atoms with E-state index in [4.69, 9.17) is 0 Å². The van der Waals surface area contributed by atoms with E-state index in [1.165, 1.54) is 0 Å². The number of rotatable bonds is 1. The molecule has 0 heterocycles. The van der Waals surface area contributed by atoms with E-state index >= 15 is 0 Å². The Balaban J connectivity index is 0.00000225. The van der Waals surface area contributed by atoms with E-state index in [2.05, 4.69) is 0 Å². The van der Waals surface area contributed by atoms with Crippen LogP contribution in [-0.2, 0) is 0 Å². The third kappa shape index (κ3) is 2.78. The van der Waals surface area contributed by atoms with Gasteiger partial charge in [0.1, 0.15) is 11.6 Å². The standard InChI is InChI=1S/C6BF8.K/c8-2-1(7(13,14)15)3(9)5(11)6(12)4(2)10;/q-1;+1. The van der Waals surface area contributed by atoms with E-state index in [1.807, 2.05) is 0 Å². The molecule has 0 spiro atoms. The summed E-state index contributed by atoms with van der Waals surface area (Å²) in [4.78, 5) is 0. The van der Waals surface area contributed by atoms with Gasteiger partial charge in [-0.3, -0.25) is 0 Å². The molecule has 0 nitrogen and oxygen atoms in total. The van der Waals surface area contributed by atoms with Gasteiger partial charge in [-0.25, -0.2) is 22.0 Å². The second kappa shape index (κ2) is 5.34. The van der Waals surface area contributed by atoms with Crippen molar-refractivity contribution in [1.82, 2.24) is 0 Å². The van der Waals surface area contributed by atoms with Crippen LogP contribution in [0.4, 0.5) is 34.9 Å². The molecule has 0 amide bonds. The topological polar surface area (TPSA) is 0 Å². The van der Waals surface area contributed by atoms with Crippen molar-refractivity contribution in [2.45, 2.75) is 0 Å². The fraction of sp³-hybridized carbons (Fsp3) is 0. The first-order valence-electron chi connectivity index (χ1n) is 3.39. The smallest absolute Gasteiger partial charge is 0.445 e. The molecule has 0 fully saturated rings. The van der Waals surface area contributed by atoms with E-state index in [9.17, 15) is 34.9 Å². The van der Waals surface area contributed by atoms with Crippen LogP contribution >= 0.6 is 0 Å². The quantitative estimate of drug-likeness (QED) is 0.279. The van der Waals surface area contributed by atoms with Crippen molar-refractivity contribution in [3.63, 3.8) is 0 Å². The summed E-state index contributed by atoms with van der Waals surface area (Å²) in [5, 5.41) is 0. The van der Waals surface area contributed by atoms with Crippen LogP contribution in [0, 0.1) is 29.1 Å². The summed E-state index contributed by atoms with van der Waals surface area (Å²) in [6.45, 7) is -6.30. The minimum atomic E-state index is -6.30. The molecular weight excluding hydrogens is 274 g/mol. The van der Waals surface area contributed by atoms with Crippen molar-refractivity contribution in [3.05, 3.63) is 29.1 Å². The average Bonchev–Trinajstić information content (AvgIpc) is 2.09. The van der Waals surface area contributed by atoms with Crippen LogP contribution in [0.2, 0.25) is 0 Å². The molecule has 84 valence electrons. The minimum Gasteiger partial charge on any atom is -0.445 e. The van der Waals surface area contributed by atoms with Crippen molar-refractivity contribution in [2.75, 3.05) is 0 Å². The molecule has 0 bridgehead atoms. The molecule has 1 aromatic rings. The number of halogens is 8. The third-order valence-corrected chi connectivity index (χ3v) is 1.57. The summed E-state index contributed by atoms with van der Waals surface area (Å²) in [6.07, 6.45) is 0. The first kappa shape index (κ1) is 16.4. The van der Waals surface area contributed by atoms with E-state index in [0.29, 0.717) is 0 Å². The van der Waals surface area contributed by atoms with Gasteiger partial charge >= 0.3 is 58.4 Å². The maximum Gasteiger partial charge on any atom is 1.00 e. The van der Waals surface area contributed by atoms with Crippen LogP contribution < -0.4 is 56.8 Å². The number of hydrogen-bond acceptors (Lipinski definition) is 0. The molecule has 0 aliphatic carbocycles. The van der Waals surface area contributed by atoms with Gasteiger partial charge in [-0.05, 0) is 5.46 Å². The first-order valence-corrected chi connectivity index (χ1v) is 3.39. The molecule has 0 aliphatic rings. The largest absolute Gasteiger partial charge is 1.00 e. The summed E-state index contributed by atoms with van der Waals surface area (Å²) in [5.74, 6) is -13.6. The molecule has 0 unspecified atom stereocenters. The molecule has 10 heteroatoms. The summed E-state index contributed by atoms with van der Waals surface area (Å²) in [6, 6.07) is 0. The van der Waals surface area contributed by atoms with Gasteiger partial charge < -0.3 is 12.9 Å². The molecule has 1 aromatic carbocycles. The van der Waals surface area contributed by atoms with Crippen LogP contribution in [0.3, 0.4) is 0 Å². The maximum absolute atomic E-state index is 12.5. The second-order valence-corrected chi connectivity index (χ2v) is 2.56. The van der Waals surface area contributed by atoms with Gasteiger partial charge in [-0.1, -0.05) is 0 Å². The Hall–Kier alpha value is 0.361. The zero-order chi connectivity index (χ0) is 12.0. The Morgan fingerprint density at radius 3 is 1.06 bits per heavy atom. The van der Waals surface area contributed by atoms with Crippen molar-refractivity contribution in [2.24, 2.45) is 0 Å². The van der Waals surface area contributed by atoms with Gasteiger partial charge in [0.25, 0.3) is 0 Å². The molecule has 0 saturated carbocycles. The number of benzene rings is 1. The summed E-state index contributed by atoms with van der Waals surface area (Å²) < 4.78 is 97.6. The van der Waals surface area contributed by atoms with Crippen molar-refractivity contribution in [3.8, 4) is 0 Å². The zero-order valence-corrected chi connectivity index (χ0v) is 10.7. The Morgan fingerprint density at radius 1 is 0.562 bits per heavy atom. The Morgan fingerprint density at radius 2 is 0.812 bits per heavy atom.